The van der Waals surface area contributed by atoms with Crippen LogP contribution in [0.4, 0.5) is 0 Å². The maximum Gasteiger partial charge on any atom is 0.0940 e. The van der Waals surface area contributed by atoms with Crippen LogP contribution in [0.15, 0.2) is 0 Å². The van der Waals surface area contributed by atoms with Crippen molar-refractivity contribution in [3.63, 3.8) is 0 Å². The van der Waals surface area contributed by atoms with E-state index in [0.717, 1.165) is 25.3 Å². The highest BCUT2D eigenvalue weighted by Gasteiger charge is 2.21. The Balaban J connectivity index is 2.39. The summed E-state index contributed by atoms with van der Waals surface area (Å²) in [4.78, 5) is 0. The minimum Gasteiger partial charge on any atom is -0.315 e. The van der Waals surface area contributed by atoms with Gasteiger partial charge in [-0.05, 0) is 13.0 Å². The van der Waals surface area contributed by atoms with Crippen molar-refractivity contribution in [1.29, 1.82) is 0 Å². The first-order valence-corrected chi connectivity index (χ1v) is 5.35. The van der Waals surface area contributed by atoms with Crippen molar-refractivity contribution in [1.82, 2.24) is 9.62 Å². The first-order chi connectivity index (χ1) is 5.25. The van der Waals surface area contributed by atoms with Crippen LogP contribution in [0.25, 0.3) is 0 Å². The lowest BCUT2D eigenvalue weighted by Crippen LogP contribution is -2.35. The maximum absolute atomic E-state index is 11.3. The van der Waals surface area contributed by atoms with Gasteiger partial charge in [-0.3, -0.25) is 0 Å². The Morgan fingerprint density at radius 1 is 1.73 bits per heavy atom. The van der Waals surface area contributed by atoms with Gasteiger partial charge in [-0.25, -0.2) is 8.51 Å². The van der Waals surface area contributed by atoms with Crippen LogP contribution in [0.3, 0.4) is 0 Å². The fraction of sp³-hybridized carbons (Fsp3) is 1.00. The van der Waals surface area contributed by atoms with E-state index in [9.17, 15) is 4.21 Å². The second-order valence-corrected chi connectivity index (χ2v) is 4.60. The number of hydrogen-bond donors (Lipinski definition) is 1. The van der Waals surface area contributed by atoms with Crippen molar-refractivity contribution in [3.8, 4) is 0 Å². The molecule has 1 N–H and O–H groups in total. The standard InChI is InChI=1S/C7H16N2OS/c1-3-11(10)9(2)7-4-5-8-6-7/h7-8H,3-6H2,1-2H3. The Morgan fingerprint density at radius 3 is 2.91 bits per heavy atom. The normalized spacial score (nSPS) is 27.7. The zero-order chi connectivity index (χ0) is 8.27. The van der Waals surface area contributed by atoms with Gasteiger partial charge in [0.2, 0.25) is 0 Å². The molecular formula is C7H16N2OS. The van der Waals surface area contributed by atoms with Crippen molar-refractivity contribution in [3.05, 3.63) is 0 Å². The second kappa shape index (κ2) is 4.18. The molecule has 0 saturated carbocycles. The topological polar surface area (TPSA) is 32.3 Å². The molecule has 1 fully saturated rings. The summed E-state index contributed by atoms with van der Waals surface area (Å²) in [7, 11) is 1.17. The van der Waals surface area contributed by atoms with Crippen LogP contribution in [0.2, 0.25) is 0 Å². The van der Waals surface area contributed by atoms with E-state index in [1.807, 2.05) is 18.3 Å². The average molecular weight is 176 g/mol. The first kappa shape index (κ1) is 9.16. The quantitative estimate of drug-likeness (QED) is 0.654. The van der Waals surface area contributed by atoms with E-state index in [-0.39, 0.29) is 0 Å². The highest BCUT2D eigenvalue weighted by Crippen LogP contribution is 2.07. The van der Waals surface area contributed by atoms with Gasteiger partial charge in [0, 0.05) is 25.4 Å². The summed E-state index contributed by atoms with van der Waals surface area (Å²) >= 11 is 0. The van der Waals surface area contributed by atoms with E-state index >= 15 is 0 Å². The summed E-state index contributed by atoms with van der Waals surface area (Å²) < 4.78 is 13.3. The highest BCUT2D eigenvalue weighted by molar-refractivity contribution is 7.82. The molecule has 0 aromatic heterocycles. The lowest BCUT2D eigenvalue weighted by Gasteiger charge is -2.20. The van der Waals surface area contributed by atoms with Crippen LogP contribution < -0.4 is 5.32 Å². The second-order valence-electron chi connectivity index (χ2n) is 2.80. The molecule has 1 saturated heterocycles. The van der Waals surface area contributed by atoms with Gasteiger partial charge in [-0.15, -0.1) is 0 Å². The van der Waals surface area contributed by atoms with Crippen LogP contribution in [0.1, 0.15) is 13.3 Å². The molecule has 0 aromatic rings. The van der Waals surface area contributed by atoms with Crippen LogP contribution in [-0.2, 0) is 11.0 Å². The predicted molar refractivity (Wildman–Crippen MR) is 47.7 cm³/mol. The Hall–Kier alpha value is 0.0700. The van der Waals surface area contributed by atoms with Gasteiger partial charge in [0.15, 0.2) is 0 Å². The summed E-state index contributed by atoms with van der Waals surface area (Å²) in [6.07, 6.45) is 1.13. The summed E-state index contributed by atoms with van der Waals surface area (Å²) in [6.45, 7) is 4.01. The number of hydrogen-bond acceptors (Lipinski definition) is 2. The zero-order valence-corrected chi connectivity index (χ0v) is 7.99. The largest absolute Gasteiger partial charge is 0.315 e. The minimum atomic E-state index is -0.768. The van der Waals surface area contributed by atoms with Crippen molar-refractivity contribution in [2.75, 3.05) is 25.9 Å². The van der Waals surface area contributed by atoms with Gasteiger partial charge in [0.05, 0.1) is 11.0 Å². The van der Waals surface area contributed by atoms with Gasteiger partial charge in [0.25, 0.3) is 0 Å². The Morgan fingerprint density at radius 2 is 2.45 bits per heavy atom. The van der Waals surface area contributed by atoms with Gasteiger partial charge < -0.3 is 5.32 Å². The number of nitrogens with one attached hydrogen (secondary N) is 1. The van der Waals surface area contributed by atoms with E-state index in [4.69, 9.17) is 0 Å². The molecule has 2 unspecified atom stereocenters. The van der Waals surface area contributed by atoms with Gasteiger partial charge in [0.1, 0.15) is 0 Å². The Kier molecular flexibility index (Phi) is 3.48. The average Bonchev–Trinajstić information content (AvgIpc) is 2.53. The predicted octanol–water partition coefficient (Wildman–Crippen LogP) is -0.0363. The molecule has 0 spiro atoms. The molecular weight excluding hydrogens is 160 g/mol. The van der Waals surface area contributed by atoms with E-state index < -0.39 is 11.0 Å². The number of rotatable bonds is 3. The summed E-state index contributed by atoms with van der Waals surface area (Å²) in [6, 6.07) is 0.482. The molecule has 11 heavy (non-hydrogen) atoms. The van der Waals surface area contributed by atoms with Crippen LogP contribution in [0.5, 0.6) is 0 Å². The molecule has 4 heteroatoms. The fourth-order valence-corrected chi connectivity index (χ4v) is 2.24. The Labute approximate surface area is 70.7 Å². The molecule has 0 aliphatic carbocycles. The van der Waals surface area contributed by atoms with Crippen LogP contribution in [-0.4, -0.2) is 40.4 Å². The molecule has 1 rings (SSSR count). The van der Waals surface area contributed by atoms with E-state index in [1.165, 1.54) is 0 Å². The third-order valence-electron chi connectivity index (χ3n) is 2.12. The highest BCUT2D eigenvalue weighted by atomic mass is 32.2. The maximum atomic E-state index is 11.3. The van der Waals surface area contributed by atoms with Gasteiger partial charge >= 0.3 is 0 Å². The van der Waals surface area contributed by atoms with E-state index in [0.29, 0.717) is 6.04 Å². The van der Waals surface area contributed by atoms with Crippen molar-refractivity contribution < 1.29 is 4.21 Å². The third kappa shape index (κ3) is 2.25. The molecule has 2 atom stereocenters. The fourth-order valence-electron chi connectivity index (χ4n) is 1.32. The smallest absolute Gasteiger partial charge is 0.0940 e. The van der Waals surface area contributed by atoms with E-state index in [2.05, 4.69) is 5.32 Å². The lowest BCUT2D eigenvalue weighted by atomic mass is 10.3. The van der Waals surface area contributed by atoms with Crippen molar-refractivity contribution >= 4 is 11.0 Å². The monoisotopic (exact) mass is 176 g/mol. The molecule has 1 aliphatic rings. The molecule has 0 amide bonds. The SMILES string of the molecule is CCS(=O)N(C)C1CCNC1. The molecule has 1 heterocycles. The van der Waals surface area contributed by atoms with Crippen molar-refractivity contribution in [2.24, 2.45) is 0 Å². The minimum absolute atomic E-state index is 0.482. The summed E-state index contributed by atoms with van der Waals surface area (Å²) in [5, 5.41) is 3.26. The summed E-state index contributed by atoms with van der Waals surface area (Å²) in [5.41, 5.74) is 0. The van der Waals surface area contributed by atoms with E-state index in [1.54, 1.807) is 0 Å². The Bertz CT molecular complexity index is 145. The summed E-state index contributed by atoms with van der Waals surface area (Å²) in [5.74, 6) is 0.729. The molecule has 66 valence electrons. The van der Waals surface area contributed by atoms with Crippen LogP contribution in [0, 0.1) is 0 Å². The number of nitrogens with zero attached hydrogens (tertiary/aromatic N) is 1. The molecule has 3 nitrogen and oxygen atoms in total. The molecule has 1 aliphatic heterocycles. The van der Waals surface area contributed by atoms with Gasteiger partial charge in [-0.2, -0.15) is 0 Å². The lowest BCUT2D eigenvalue weighted by molar-refractivity contribution is 0.415. The van der Waals surface area contributed by atoms with Crippen LogP contribution >= 0.6 is 0 Å². The molecule has 0 bridgehead atoms. The number of likely N-dealkylation sites (N-methyl/N-ethyl adjacent to an activating group) is 1. The van der Waals surface area contributed by atoms with Gasteiger partial charge in [-0.1, -0.05) is 6.92 Å². The zero-order valence-electron chi connectivity index (χ0n) is 7.17. The molecule has 0 radical (unpaired) electrons. The van der Waals surface area contributed by atoms with Crippen molar-refractivity contribution in [2.45, 2.75) is 19.4 Å². The molecule has 0 aromatic carbocycles. The third-order valence-corrected chi connectivity index (χ3v) is 3.55. The first-order valence-electron chi connectivity index (χ1n) is 4.07.